The van der Waals surface area contributed by atoms with Crippen LogP contribution in [0.2, 0.25) is 0 Å². The minimum atomic E-state index is -0.939. The van der Waals surface area contributed by atoms with Crippen molar-refractivity contribution in [3.05, 3.63) is 242 Å². The highest BCUT2D eigenvalue weighted by molar-refractivity contribution is 6.22. The fourth-order valence-corrected chi connectivity index (χ4v) is 8.89. The summed E-state index contributed by atoms with van der Waals surface area (Å²) in [6.45, 7) is 21.6. The molecule has 0 aliphatic heterocycles. The van der Waals surface area contributed by atoms with E-state index in [0.29, 0.717) is 45.3 Å². The molecule has 16 heteroatoms. The number of rotatable bonds is 28. The summed E-state index contributed by atoms with van der Waals surface area (Å²) in [5, 5.41) is 5.13. The molecule has 2 amide bonds. The molecule has 0 fully saturated rings. The van der Waals surface area contributed by atoms with E-state index in [1.165, 1.54) is 12.2 Å². The number of ether oxygens (including phenoxy) is 8. The SMILES string of the molecule is C=CC(=C)C(=O)OCCNC(=O)OC(COc1ccc(C(C=C)(C=C)c2ccc(OCC(COc3ccc4c(c3)-c3ccccc3C4=O)OC(=O)NCCOC(=O)C(=C)C=C)cc2)cc1)COc1ccc2c(c1)-c1ccccc1C2=O. The molecule has 16 nitrogen and oxygen atoms in total. The summed E-state index contributed by atoms with van der Waals surface area (Å²) in [6.07, 6.45) is 2.58. The third kappa shape index (κ3) is 13.6. The number of hydrogen-bond acceptors (Lipinski definition) is 14. The van der Waals surface area contributed by atoms with E-state index in [1.54, 1.807) is 84.9 Å². The van der Waals surface area contributed by atoms with E-state index in [-0.39, 0.29) is 75.4 Å². The second-order valence-electron chi connectivity index (χ2n) is 18.4. The van der Waals surface area contributed by atoms with Gasteiger partial charge in [0.25, 0.3) is 0 Å². The van der Waals surface area contributed by atoms with Crippen LogP contribution in [0.15, 0.2) is 208 Å². The predicted molar refractivity (Wildman–Crippen MR) is 304 cm³/mol. The van der Waals surface area contributed by atoms with Crippen molar-refractivity contribution in [3.8, 4) is 45.3 Å². The number of hydrogen-bond donors (Lipinski definition) is 2. The average molecular weight is 1090 g/mol. The summed E-state index contributed by atoms with van der Waals surface area (Å²) in [5.74, 6) is 0.322. The Hall–Kier alpha value is -10.2. The van der Waals surface area contributed by atoms with Gasteiger partial charge < -0.3 is 48.5 Å². The van der Waals surface area contributed by atoms with Crippen LogP contribution in [0.1, 0.15) is 43.0 Å². The molecule has 2 atom stereocenters. The van der Waals surface area contributed by atoms with Crippen LogP contribution < -0.4 is 29.6 Å². The van der Waals surface area contributed by atoms with Gasteiger partial charge in [0.1, 0.15) is 62.6 Å². The maximum atomic E-state index is 13.0. The molecular weight excluding hydrogens is 1030 g/mol. The number of allylic oxidation sites excluding steroid dienone is 2. The smallest absolute Gasteiger partial charge is 0.407 e. The molecule has 0 aromatic heterocycles. The lowest BCUT2D eigenvalue weighted by molar-refractivity contribution is -0.139. The highest BCUT2D eigenvalue weighted by Gasteiger charge is 2.31. The van der Waals surface area contributed by atoms with Crippen molar-refractivity contribution in [2.24, 2.45) is 0 Å². The van der Waals surface area contributed by atoms with Crippen LogP contribution >= 0.6 is 0 Å². The van der Waals surface area contributed by atoms with E-state index in [0.717, 1.165) is 33.4 Å². The van der Waals surface area contributed by atoms with Crippen molar-refractivity contribution in [2.75, 3.05) is 52.7 Å². The van der Waals surface area contributed by atoms with Gasteiger partial charge in [-0.05, 0) is 94.0 Å². The molecule has 2 unspecified atom stereocenters. The van der Waals surface area contributed by atoms with E-state index in [9.17, 15) is 28.8 Å². The van der Waals surface area contributed by atoms with Gasteiger partial charge in [0.2, 0.25) is 0 Å². The van der Waals surface area contributed by atoms with Crippen LogP contribution in [0.4, 0.5) is 9.59 Å². The van der Waals surface area contributed by atoms with Gasteiger partial charge in [0, 0.05) is 22.3 Å². The lowest BCUT2D eigenvalue weighted by Crippen LogP contribution is -2.37. The average Bonchev–Trinajstić information content (AvgIpc) is 4.23. The Labute approximate surface area is 468 Å². The minimum Gasteiger partial charge on any atom is -0.490 e. The van der Waals surface area contributed by atoms with E-state index in [4.69, 9.17) is 37.9 Å². The zero-order valence-corrected chi connectivity index (χ0v) is 44.3. The molecule has 412 valence electrons. The van der Waals surface area contributed by atoms with Gasteiger partial charge in [-0.2, -0.15) is 0 Å². The van der Waals surface area contributed by atoms with Gasteiger partial charge >= 0.3 is 24.1 Å². The number of esters is 2. The van der Waals surface area contributed by atoms with Gasteiger partial charge in [-0.15, -0.1) is 13.2 Å². The predicted octanol–water partition coefficient (Wildman–Crippen LogP) is 10.4. The Bertz CT molecular complexity index is 3210. The summed E-state index contributed by atoms with van der Waals surface area (Å²) >= 11 is 0. The number of alkyl carbamates (subject to hydrolysis) is 2. The monoisotopic (exact) mass is 1090 g/mol. The van der Waals surface area contributed by atoms with E-state index < -0.39 is 41.7 Å². The van der Waals surface area contributed by atoms with Crippen molar-refractivity contribution >= 4 is 35.7 Å². The van der Waals surface area contributed by atoms with Gasteiger partial charge in [-0.25, -0.2) is 19.2 Å². The normalized spacial score (nSPS) is 12.3. The van der Waals surface area contributed by atoms with Crippen LogP contribution in [-0.4, -0.2) is 101 Å². The summed E-state index contributed by atoms with van der Waals surface area (Å²) in [7, 11) is 0. The fraction of sp³-hybridized carbons (Fsp3) is 0.169. The quantitative estimate of drug-likeness (QED) is 0.0117. The van der Waals surface area contributed by atoms with Gasteiger partial charge in [0.15, 0.2) is 23.8 Å². The first-order valence-corrected chi connectivity index (χ1v) is 25.7. The Morgan fingerprint density at radius 1 is 0.444 bits per heavy atom. The Balaban J connectivity index is 0.908. The van der Waals surface area contributed by atoms with Crippen molar-refractivity contribution in [1.82, 2.24) is 10.6 Å². The van der Waals surface area contributed by atoms with Crippen LogP contribution in [0.3, 0.4) is 0 Å². The maximum absolute atomic E-state index is 13.0. The molecule has 0 spiro atoms. The second-order valence-corrected chi connectivity index (χ2v) is 18.4. The summed E-state index contributed by atoms with van der Waals surface area (Å²) in [5.41, 5.74) is 6.30. The second kappa shape index (κ2) is 26.4. The molecule has 0 saturated heterocycles. The molecular formula is C65H58N2O14. The van der Waals surface area contributed by atoms with Gasteiger partial charge in [-0.3, -0.25) is 9.59 Å². The number of nitrogens with one attached hydrogen (secondary N) is 2. The van der Waals surface area contributed by atoms with E-state index in [1.807, 2.05) is 60.7 Å². The molecule has 81 heavy (non-hydrogen) atoms. The number of carbonyl (C=O) groups is 6. The molecule has 0 radical (unpaired) electrons. The fourth-order valence-electron chi connectivity index (χ4n) is 8.89. The molecule has 2 aliphatic rings. The van der Waals surface area contributed by atoms with Crippen LogP contribution in [0.25, 0.3) is 22.3 Å². The molecule has 8 rings (SSSR count). The lowest BCUT2D eigenvalue weighted by Gasteiger charge is -2.29. The largest absolute Gasteiger partial charge is 0.490 e. The maximum Gasteiger partial charge on any atom is 0.407 e. The zero-order valence-electron chi connectivity index (χ0n) is 44.3. The first-order valence-electron chi connectivity index (χ1n) is 25.7. The number of amides is 2. The Morgan fingerprint density at radius 2 is 0.778 bits per heavy atom. The lowest BCUT2D eigenvalue weighted by atomic mass is 9.75. The summed E-state index contributed by atoms with van der Waals surface area (Å²) in [6, 6.07) is 39.5. The highest BCUT2D eigenvalue weighted by atomic mass is 16.6. The topological polar surface area (TPSA) is 200 Å². The zero-order chi connectivity index (χ0) is 57.5. The van der Waals surface area contributed by atoms with Crippen molar-refractivity contribution in [3.63, 3.8) is 0 Å². The van der Waals surface area contributed by atoms with Crippen LogP contribution in [-0.2, 0) is 34.0 Å². The molecule has 2 N–H and O–H groups in total. The Kier molecular flexibility index (Phi) is 18.6. The molecule has 0 saturated carbocycles. The number of fused-ring (bicyclic) bond motifs is 6. The highest BCUT2D eigenvalue weighted by Crippen LogP contribution is 2.41. The Morgan fingerprint density at radius 3 is 1.14 bits per heavy atom. The molecule has 2 aliphatic carbocycles. The minimum absolute atomic E-state index is 0.0459. The van der Waals surface area contributed by atoms with Crippen molar-refractivity contribution < 1.29 is 66.7 Å². The van der Waals surface area contributed by atoms with Crippen molar-refractivity contribution in [2.45, 2.75) is 17.6 Å². The first kappa shape index (κ1) is 57.0. The van der Waals surface area contributed by atoms with E-state index in [2.05, 4.69) is 50.1 Å². The third-order valence-electron chi connectivity index (χ3n) is 13.2. The number of benzene rings is 6. The molecule has 0 heterocycles. The molecule has 0 bridgehead atoms. The summed E-state index contributed by atoms with van der Waals surface area (Å²) in [4.78, 5) is 76.0. The van der Waals surface area contributed by atoms with Crippen LogP contribution in [0, 0.1) is 0 Å². The van der Waals surface area contributed by atoms with Crippen molar-refractivity contribution in [1.29, 1.82) is 0 Å². The summed E-state index contributed by atoms with van der Waals surface area (Å²) < 4.78 is 46.2. The standard InChI is InChI=1S/C65H58N2O14/c1-7-41(5)61(70)74-33-31-66-63(72)80-49(39-78-47-27-29-55-57(35-47)51-15-11-13-17-53(51)59(55)68)37-76-45-23-19-43(20-24-45)65(9-3,10-4)44-21-25-46(26-22-44)77-38-50(81-64(73)67-32-34-75-62(71)42(6)8-2)40-79-48-28-30-56-58(36-48)52-16-12-14-18-54(52)60(56)69/h7-30,35-36,49-50H,1-6,31-34,37-40H2,(H,66,72)(H,67,73). The number of ketones is 2. The third-order valence-corrected chi connectivity index (χ3v) is 13.2. The molecule has 6 aromatic rings. The van der Waals surface area contributed by atoms with Crippen LogP contribution in [0.5, 0.6) is 23.0 Å². The molecule has 6 aromatic carbocycles. The first-order chi connectivity index (χ1) is 39.2. The van der Waals surface area contributed by atoms with E-state index >= 15 is 0 Å². The van der Waals surface area contributed by atoms with Gasteiger partial charge in [-0.1, -0.05) is 123 Å². The van der Waals surface area contributed by atoms with Gasteiger partial charge in [0.05, 0.1) is 29.7 Å². The number of carbonyl (C=O) groups excluding carboxylic acids is 6.